The lowest BCUT2D eigenvalue weighted by Crippen LogP contribution is -2.53. The summed E-state index contributed by atoms with van der Waals surface area (Å²) in [5.41, 5.74) is -0.610. The summed E-state index contributed by atoms with van der Waals surface area (Å²) in [6.45, 7) is 6.17. The zero-order valence-electron chi connectivity index (χ0n) is 12.7. The Morgan fingerprint density at radius 3 is 2.38 bits per heavy atom. The lowest BCUT2D eigenvalue weighted by molar-refractivity contribution is -0.148. The Kier molecular flexibility index (Phi) is 6.93. The molecule has 124 valence electrons. The van der Waals surface area contributed by atoms with Crippen LogP contribution < -0.4 is 0 Å². The van der Waals surface area contributed by atoms with Gasteiger partial charge in [0, 0.05) is 25.0 Å². The summed E-state index contributed by atoms with van der Waals surface area (Å²) in [6, 6.07) is 0. The maximum Gasteiger partial charge on any atom is 0.389 e. The molecule has 0 aromatic carbocycles. The summed E-state index contributed by atoms with van der Waals surface area (Å²) in [5.74, 6) is -0.362. The van der Waals surface area contributed by atoms with E-state index in [0.29, 0.717) is 32.7 Å². The number of esters is 1. The molecule has 1 fully saturated rings. The third-order valence-electron chi connectivity index (χ3n) is 3.78. The van der Waals surface area contributed by atoms with Crippen LogP contribution in [0.15, 0.2) is 0 Å². The van der Waals surface area contributed by atoms with Crippen LogP contribution in [0.25, 0.3) is 0 Å². The lowest BCUT2D eigenvalue weighted by atomic mass is 9.88. The number of ether oxygens (including phenoxy) is 2. The van der Waals surface area contributed by atoms with E-state index < -0.39 is 18.1 Å². The number of hydrogen-bond donors (Lipinski definition) is 0. The molecule has 0 bridgehead atoms. The lowest BCUT2D eigenvalue weighted by Gasteiger charge is -2.43. The molecule has 21 heavy (non-hydrogen) atoms. The van der Waals surface area contributed by atoms with E-state index >= 15 is 0 Å². The average molecular weight is 311 g/mol. The smallest absolute Gasteiger partial charge is 0.389 e. The van der Waals surface area contributed by atoms with Gasteiger partial charge in [0.1, 0.15) is 0 Å². The van der Waals surface area contributed by atoms with E-state index in [0.717, 1.165) is 0 Å². The van der Waals surface area contributed by atoms with Gasteiger partial charge in [-0.2, -0.15) is 13.2 Å². The standard InChI is InChI=1S/C14H24F3NO3/c1-3-21-12(19)11-13(2,5-4-6-14(15,16)17)18-7-9-20-10-8-18/h3-11H2,1-2H3. The predicted octanol–water partition coefficient (Wildman–Crippen LogP) is 2.76. The van der Waals surface area contributed by atoms with Crippen molar-refractivity contribution in [3.8, 4) is 0 Å². The van der Waals surface area contributed by atoms with Crippen LogP contribution in [0.5, 0.6) is 0 Å². The number of nitrogens with zero attached hydrogens (tertiary/aromatic N) is 1. The van der Waals surface area contributed by atoms with Crippen molar-refractivity contribution in [1.29, 1.82) is 0 Å². The molecule has 0 spiro atoms. The number of morpholine rings is 1. The molecule has 1 saturated heterocycles. The number of carbonyl (C=O) groups excluding carboxylic acids is 1. The SMILES string of the molecule is CCOC(=O)CC(C)(CCCC(F)(F)F)N1CCOCC1. The summed E-state index contributed by atoms with van der Waals surface area (Å²) >= 11 is 0. The quantitative estimate of drug-likeness (QED) is 0.678. The normalized spacial score (nSPS) is 20.0. The first-order chi connectivity index (χ1) is 9.77. The van der Waals surface area contributed by atoms with Crippen LogP contribution in [-0.2, 0) is 14.3 Å². The molecule has 1 aliphatic heterocycles. The monoisotopic (exact) mass is 311 g/mol. The molecule has 1 heterocycles. The van der Waals surface area contributed by atoms with Crippen LogP contribution >= 0.6 is 0 Å². The van der Waals surface area contributed by atoms with Crippen molar-refractivity contribution in [2.24, 2.45) is 0 Å². The van der Waals surface area contributed by atoms with Crippen LogP contribution in [0.2, 0.25) is 0 Å². The van der Waals surface area contributed by atoms with E-state index in [9.17, 15) is 18.0 Å². The molecular weight excluding hydrogens is 287 g/mol. The third-order valence-corrected chi connectivity index (χ3v) is 3.78. The van der Waals surface area contributed by atoms with Gasteiger partial charge >= 0.3 is 12.1 Å². The molecule has 0 saturated carbocycles. The molecule has 1 rings (SSSR count). The molecule has 0 radical (unpaired) electrons. The number of alkyl halides is 3. The highest BCUT2D eigenvalue weighted by Crippen LogP contribution is 2.31. The molecular formula is C14H24F3NO3. The van der Waals surface area contributed by atoms with E-state index in [1.165, 1.54) is 0 Å². The highest BCUT2D eigenvalue weighted by atomic mass is 19.4. The average Bonchev–Trinajstić information content (AvgIpc) is 2.38. The van der Waals surface area contributed by atoms with Crippen molar-refractivity contribution in [3.05, 3.63) is 0 Å². The van der Waals surface area contributed by atoms with E-state index in [1.54, 1.807) is 6.92 Å². The molecule has 7 heteroatoms. The van der Waals surface area contributed by atoms with Gasteiger partial charge in [0.25, 0.3) is 0 Å². The summed E-state index contributed by atoms with van der Waals surface area (Å²) < 4.78 is 47.2. The molecule has 0 aliphatic carbocycles. The van der Waals surface area contributed by atoms with Crippen molar-refractivity contribution in [1.82, 2.24) is 4.90 Å². The minimum absolute atomic E-state index is 0.0107. The van der Waals surface area contributed by atoms with Gasteiger partial charge in [0.05, 0.1) is 26.2 Å². The second-order valence-corrected chi connectivity index (χ2v) is 5.55. The van der Waals surface area contributed by atoms with Crippen LogP contribution in [0.1, 0.15) is 39.5 Å². The van der Waals surface area contributed by atoms with Crippen LogP contribution in [-0.4, -0.2) is 55.5 Å². The maximum absolute atomic E-state index is 12.3. The summed E-state index contributed by atoms with van der Waals surface area (Å²) in [7, 11) is 0. The van der Waals surface area contributed by atoms with Crippen LogP contribution in [0.4, 0.5) is 13.2 Å². The highest BCUT2D eigenvalue weighted by molar-refractivity contribution is 5.70. The molecule has 1 aliphatic rings. The molecule has 0 N–H and O–H groups in total. The second-order valence-electron chi connectivity index (χ2n) is 5.55. The van der Waals surface area contributed by atoms with Gasteiger partial charge in [-0.3, -0.25) is 9.69 Å². The fourth-order valence-electron chi connectivity index (χ4n) is 2.65. The highest BCUT2D eigenvalue weighted by Gasteiger charge is 2.37. The van der Waals surface area contributed by atoms with Crippen molar-refractivity contribution in [2.75, 3.05) is 32.9 Å². The fourth-order valence-corrected chi connectivity index (χ4v) is 2.65. The van der Waals surface area contributed by atoms with Crippen LogP contribution in [0.3, 0.4) is 0 Å². The number of rotatable bonds is 7. The van der Waals surface area contributed by atoms with Crippen molar-refractivity contribution in [3.63, 3.8) is 0 Å². The van der Waals surface area contributed by atoms with Gasteiger partial charge < -0.3 is 9.47 Å². The number of carbonyl (C=O) groups is 1. The van der Waals surface area contributed by atoms with Crippen molar-refractivity contribution < 1.29 is 27.4 Å². The van der Waals surface area contributed by atoms with Crippen molar-refractivity contribution in [2.45, 2.75) is 51.2 Å². The minimum Gasteiger partial charge on any atom is -0.466 e. The minimum atomic E-state index is -4.16. The zero-order valence-corrected chi connectivity index (χ0v) is 12.7. The third kappa shape index (κ3) is 6.65. The zero-order chi connectivity index (χ0) is 15.9. The summed E-state index contributed by atoms with van der Waals surface area (Å²) in [6.07, 6.45) is -4.55. The van der Waals surface area contributed by atoms with Crippen LogP contribution in [0, 0.1) is 0 Å². The van der Waals surface area contributed by atoms with Crippen molar-refractivity contribution >= 4 is 5.97 Å². The van der Waals surface area contributed by atoms with Gasteiger partial charge in [-0.1, -0.05) is 0 Å². The molecule has 0 aromatic rings. The van der Waals surface area contributed by atoms with Gasteiger partial charge in [0.15, 0.2) is 0 Å². The van der Waals surface area contributed by atoms with E-state index in [1.807, 2.05) is 11.8 Å². The Morgan fingerprint density at radius 2 is 1.86 bits per heavy atom. The van der Waals surface area contributed by atoms with Gasteiger partial charge in [0.2, 0.25) is 0 Å². The predicted molar refractivity (Wildman–Crippen MR) is 72.0 cm³/mol. The van der Waals surface area contributed by atoms with E-state index in [-0.39, 0.29) is 25.4 Å². The number of hydrogen-bond acceptors (Lipinski definition) is 4. The Morgan fingerprint density at radius 1 is 1.24 bits per heavy atom. The molecule has 1 unspecified atom stereocenters. The first kappa shape index (κ1) is 18.2. The molecule has 0 aromatic heterocycles. The molecule has 4 nitrogen and oxygen atoms in total. The van der Waals surface area contributed by atoms with E-state index in [4.69, 9.17) is 9.47 Å². The Balaban J connectivity index is 2.65. The topological polar surface area (TPSA) is 38.8 Å². The van der Waals surface area contributed by atoms with E-state index in [2.05, 4.69) is 0 Å². The first-order valence-corrected chi connectivity index (χ1v) is 7.32. The Bertz CT molecular complexity index is 330. The maximum atomic E-state index is 12.3. The molecule has 1 atom stereocenters. The Labute approximate surface area is 123 Å². The van der Waals surface area contributed by atoms with Gasteiger partial charge in [-0.25, -0.2) is 0 Å². The number of halogens is 3. The second kappa shape index (κ2) is 7.98. The van der Waals surface area contributed by atoms with Gasteiger partial charge in [-0.15, -0.1) is 0 Å². The van der Waals surface area contributed by atoms with Gasteiger partial charge in [-0.05, 0) is 26.7 Å². The first-order valence-electron chi connectivity index (χ1n) is 7.32. The molecule has 0 amide bonds. The Hall–Kier alpha value is -0.820. The fraction of sp³-hybridized carbons (Fsp3) is 0.929. The largest absolute Gasteiger partial charge is 0.466 e. The summed E-state index contributed by atoms with van der Waals surface area (Å²) in [5, 5.41) is 0. The summed E-state index contributed by atoms with van der Waals surface area (Å²) in [4.78, 5) is 13.8.